The molecule has 0 heterocycles. The number of hydrogen-bond donors (Lipinski definition) is 1. The fourth-order valence-electron chi connectivity index (χ4n) is 1.73. The monoisotopic (exact) mass is 276 g/mol. The minimum absolute atomic E-state index is 0.265. The Morgan fingerprint density at radius 3 is 2.45 bits per heavy atom. The first-order chi connectivity index (χ1) is 9.67. The standard InChI is InChI=1S/C16H20O4/c1-4-8-12(5-2)16(18)15(11-17)20-14-10-7-6-9-13(14)19-3/h4-10,15,17H,11H2,1-3H3/b8-4-,12-5+. The topological polar surface area (TPSA) is 55.8 Å². The fraction of sp³-hybridized carbons (Fsp3) is 0.312. The number of benzene rings is 1. The van der Waals surface area contributed by atoms with Crippen molar-refractivity contribution in [2.45, 2.75) is 20.0 Å². The third kappa shape index (κ3) is 3.96. The molecule has 0 spiro atoms. The number of carbonyl (C=O) groups is 1. The Labute approximate surface area is 119 Å². The second-order valence-corrected chi connectivity index (χ2v) is 4.05. The molecule has 0 bridgehead atoms. The molecule has 0 aromatic heterocycles. The van der Waals surface area contributed by atoms with E-state index < -0.39 is 12.7 Å². The van der Waals surface area contributed by atoms with E-state index in [1.54, 1.807) is 49.4 Å². The second kappa shape index (κ2) is 8.17. The molecule has 0 fully saturated rings. The summed E-state index contributed by atoms with van der Waals surface area (Å²) in [5.74, 6) is 0.684. The summed E-state index contributed by atoms with van der Waals surface area (Å²) >= 11 is 0. The molecule has 108 valence electrons. The number of para-hydroxylation sites is 2. The molecule has 1 unspecified atom stereocenters. The van der Waals surface area contributed by atoms with Crippen LogP contribution in [0.25, 0.3) is 0 Å². The van der Waals surface area contributed by atoms with Gasteiger partial charge in [0.15, 0.2) is 17.6 Å². The Morgan fingerprint density at radius 1 is 1.30 bits per heavy atom. The van der Waals surface area contributed by atoms with E-state index >= 15 is 0 Å². The fourth-order valence-corrected chi connectivity index (χ4v) is 1.73. The van der Waals surface area contributed by atoms with Gasteiger partial charge in [0.25, 0.3) is 0 Å². The zero-order valence-electron chi connectivity index (χ0n) is 12.0. The summed E-state index contributed by atoms with van der Waals surface area (Å²) in [7, 11) is 1.52. The van der Waals surface area contributed by atoms with Gasteiger partial charge in [-0.3, -0.25) is 4.79 Å². The van der Waals surface area contributed by atoms with Gasteiger partial charge >= 0.3 is 0 Å². The van der Waals surface area contributed by atoms with Crippen molar-refractivity contribution in [3.8, 4) is 11.5 Å². The van der Waals surface area contributed by atoms with Crippen LogP contribution in [0.4, 0.5) is 0 Å². The number of ether oxygens (including phenoxy) is 2. The Balaban J connectivity index is 2.94. The summed E-state index contributed by atoms with van der Waals surface area (Å²) < 4.78 is 10.7. The third-order valence-electron chi connectivity index (χ3n) is 2.74. The number of allylic oxidation sites excluding steroid dienone is 3. The first-order valence-electron chi connectivity index (χ1n) is 6.41. The van der Waals surface area contributed by atoms with Crippen LogP contribution in [0.15, 0.2) is 48.1 Å². The van der Waals surface area contributed by atoms with E-state index in [1.165, 1.54) is 7.11 Å². The third-order valence-corrected chi connectivity index (χ3v) is 2.74. The van der Waals surface area contributed by atoms with Crippen molar-refractivity contribution in [2.24, 2.45) is 0 Å². The van der Waals surface area contributed by atoms with E-state index in [0.717, 1.165) is 0 Å². The Hall–Kier alpha value is -2.07. The number of methoxy groups -OCH3 is 1. The quantitative estimate of drug-likeness (QED) is 0.614. The molecule has 1 rings (SSSR count). The van der Waals surface area contributed by atoms with Crippen LogP contribution in [0, 0.1) is 0 Å². The maximum atomic E-state index is 12.3. The summed E-state index contributed by atoms with van der Waals surface area (Å²) in [4.78, 5) is 12.3. The van der Waals surface area contributed by atoms with Crippen molar-refractivity contribution in [3.63, 3.8) is 0 Å². The van der Waals surface area contributed by atoms with E-state index in [1.807, 2.05) is 6.92 Å². The van der Waals surface area contributed by atoms with Crippen LogP contribution in [0.3, 0.4) is 0 Å². The highest BCUT2D eigenvalue weighted by Crippen LogP contribution is 2.27. The number of aliphatic hydroxyl groups excluding tert-OH is 1. The van der Waals surface area contributed by atoms with Gasteiger partial charge in [0.1, 0.15) is 0 Å². The van der Waals surface area contributed by atoms with Gasteiger partial charge < -0.3 is 14.6 Å². The van der Waals surface area contributed by atoms with Crippen molar-refractivity contribution in [1.82, 2.24) is 0 Å². The molecular formula is C16H20O4. The predicted molar refractivity (Wildman–Crippen MR) is 78.1 cm³/mol. The molecule has 0 saturated heterocycles. The van der Waals surface area contributed by atoms with Crippen LogP contribution >= 0.6 is 0 Å². The first kappa shape index (κ1) is 16.0. The first-order valence-corrected chi connectivity index (χ1v) is 6.41. The normalized spacial score (nSPS) is 13.3. The lowest BCUT2D eigenvalue weighted by molar-refractivity contribution is -0.123. The van der Waals surface area contributed by atoms with Gasteiger partial charge in [-0.05, 0) is 26.0 Å². The minimum atomic E-state index is -0.950. The zero-order chi connectivity index (χ0) is 15.0. The van der Waals surface area contributed by atoms with Crippen LogP contribution < -0.4 is 9.47 Å². The molecule has 0 aliphatic carbocycles. The average Bonchev–Trinajstić information content (AvgIpc) is 2.49. The van der Waals surface area contributed by atoms with Gasteiger partial charge in [0.05, 0.1) is 13.7 Å². The molecule has 0 aliphatic heterocycles. The number of ketones is 1. The van der Waals surface area contributed by atoms with Gasteiger partial charge in [-0.1, -0.05) is 30.4 Å². The van der Waals surface area contributed by atoms with Crippen molar-refractivity contribution >= 4 is 5.78 Å². The number of carbonyl (C=O) groups excluding carboxylic acids is 1. The molecule has 1 aromatic carbocycles. The highest BCUT2D eigenvalue weighted by Gasteiger charge is 2.22. The Morgan fingerprint density at radius 2 is 1.95 bits per heavy atom. The number of aliphatic hydroxyl groups is 1. The molecule has 0 radical (unpaired) electrons. The van der Waals surface area contributed by atoms with Gasteiger partial charge in [-0.2, -0.15) is 0 Å². The summed E-state index contributed by atoms with van der Waals surface area (Å²) in [6.07, 6.45) is 4.20. The summed E-state index contributed by atoms with van der Waals surface area (Å²) in [5.41, 5.74) is 0.501. The van der Waals surface area contributed by atoms with Crippen LogP contribution in [0.1, 0.15) is 13.8 Å². The number of hydrogen-bond acceptors (Lipinski definition) is 4. The highest BCUT2D eigenvalue weighted by molar-refractivity contribution is 6.01. The van der Waals surface area contributed by atoms with E-state index in [4.69, 9.17) is 9.47 Å². The second-order valence-electron chi connectivity index (χ2n) is 4.05. The lowest BCUT2D eigenvalue weighted by Gasteiger charge is -2.18. The summed E-state index contributed by atoms with van der Waals surface area (Å²) in [5, 5.41) is 9.40. The molecule has 1 atom stereocenters. The van der Waals surface area contributed by atoms with Crippen molar-refractivity contribution in [3.05, 3.63) is 48.1 Å². The molecule has 1 aromatic rings. The van der Waals surface area contributed by atoms with Crippen LogP contribution in [-0.4, -0.2) is 30.7 Å². The number of rotatable bonds is 7. The highest BCUT2D eigenvalue weighted by atomic mass is 16.5. The summed E-state index contributed by atoms with van der Waals surface area (Å²) in [6, 6.07) is 7.01. The predicted octanol–water partition coefficient (Wildman–Crippen LogP) is 2.53. The van der Waals surface area contributed by atoms with Crippen molar-refractivity contribution in [2.75, 3.05) is 13.7 Å². The molecule has 4 nitrogen and oxygen atoms in total. The molecule has 0 aliphatic rings. The molecule has 1 N–H and O–H groups in total. The van der Waals surface area contributed by atoms with E-state index in [9.17, 15) is 9.90 Å². The van der Waals surface area contributed by atoms with E-state index in [2.05, 4.69) is 0 Å². The Kier molecular flexibility index (Phi) is 6.53. The minimum Gasteiger partial charge on any atom is -0.493 e. The molecule has 4 heteroatoms. The Bertz CT molecular complexity index is 503. The lowest BCUT2D eigenvalue weighted by atomic mass is 10.1. The van der Waals surface area contributed by atoms with Crippen molar-refractivity contribution < 1.29 is 19.4 Å². The average molecular weight is 276 g/mol. The van der Waals surface area contributed by atoms with Crippen LogP contribution in [0.5, 0.6) is 11.5 Å². The lowest BCUT2D eigenvalue weighted by Crippen LogP contribution is -2.32. The van der Waals surface area contributed by atoms with E-state index in [0.29, 0.717) is 17.1 Å². The van der Waals surface area contributed by atoms with Crippen molar-refractivity contribution in [1.29, 1.82) is 0 Å². The maximum absolute atomic E-state index is 12.3. The molecule has 0 amide bonds. The molecule has 20 heavy (non-hydrogen) atoms. The maximum Gasteiger partial charge on any atom is 0.205 e. The van der Waals surface area contributed by atoms with E-state index in [-0.39, 0.29) is 5.78 Å². The smallest absolute Gasteiger partial charge is 0.205 e. The number of Topliss-reactive ketones (excluding diaryl/α,β-unsaturated/α-hetero) is 1. The van der Waals surface area contributed by atoms with Gasteiger partial charge in [-0.15, -0.1) is 0 Å². The van der Waals surface area contributed by atoms with Crippen LogP contribution in [-0.2, 0) is 4.79 Å². The van der Waals surface area contributed by atoms with Gasteiger partial charge in [0, 0.05) is 5.57 Å². The van der Waals surface area contributed by atoms with Crippen LogP contribution in [0.2, 0.25) is 0 Å². The SMILES string of the molecule is C/C=C\C(=C/C)C(=O)C(CO)Oc1ccccc1OC. The largest absolute Gasteiger partial charge is 0.493 e. The zero-order valence-corrected chi connectivity index (χ0v) is 12.0. The van der Waals surface area contributed by atoms with Gasteiger partial charge in [0.2, 0.25) is 5.78 Å². The molecular weight excluding hydrogens is 256 g/mol. The van der Waals surface area contributed by atoms with Gasteiger partial charge in [-0.25, -0.2) is 0 Å². The summed E-state index contributed by atoms with van der Waals surface area (Å²) in [6.45, 7) is 3.20. The molecule has 0 saturated carbocycles.